The molecule has 0 spiro atoms. The van der Waals surface area contributed by atoms with Crippen molar-refractivity contribution in [1.82, 2.24) is 9.80 Å². The Labute approximate surface area is 138 Å². The lowest BCUT2D eigenvalue weighted by atomic mass is 9.99. The van der Waals surface area contributed by atoms with Gasteiger partial charge in [0, 0.05) is 51.3 Å². The van der Waals surface area contributed by atoms with Crippen LogP contribution in [0.15, 0.2) is 41.6 Å². The molecular formula is C19H27N3O. The highest BCUT2D eigenvalue weighted by atomic mass is 16.1. The Hall–Kier alpha value is -1.81. The SMILES string of the molecule is NC(=O)CCC1=C(N2CCCC2)CCN(Cc2ccccc2)C1. The number of carbonyl (C=O) groups is 1. The van der Waals surface area contributed by atoms with E-state index in [2.05, 4.69) is 40.1 Å². The Morgan fingerprint density at radius 2 is 1.83 bits per heavy atom. The molecule has 1 aromatic carbocycles. The van der Waals surface area contributed by atoms with E-state index in [4.69, 9.17) is 5.73 Å². The lowest BCUT2D eigenvalue weighted by molar-refractivity contribution is -0.118. The fraction of sp³-hybridized carbons (Fsp3) is 0.526. The van der Waals surface area contributed by atoms with Gasteiger partial charge in [0.1, 0.15) is 0 Å². The molecule has 1 aromatic rings. The summed E-state index contributed by atoms with van der Waals surface area (Å²) in [6.07, 6.45) is 4.96. The van der Waals surface area contributed by atoms with E-state index in [-0.39, 0.29) is 5.91 Å². The van der Waals surface area contributed by atoms with Crippen LogP contribution < -0.4 is 5.73 Å². The Bertz CT molecular complexity index is 561. The van der Waals surface area contributed by atoms with Gasteiger partial charge in [-0.25, -0.2) is 0 Å². The van der Waals surface area contributed by atoms with Gasteiger partial charge in [0.2, 0.25) is 5.91 Å². The quantitative estimate of drug-likeness (QED) is 0.878. The molecule has 0 unspecified atom stereocenters. The predicted octanol–water partition coefficient (Wildman–Crippen LogP) is 2.51. The highest BCUT2D eigenvalue weighted by Gasteiger charge is 2.24. The average molecular weight is 313 g/mol. The molecule has 1 saturated heterocycles. The van der Waals surface area contributed by atoms with E-state index in [0.29, 0.717) is 6.42 Å². The first-order chi connectivity index (χ1) is 11.2. The predicted molar refractivity (Wildman–Crippen MR) is 92.6 cm³/mol. The molecule has 0 saturated carbocycles. The molecule has 2 aliphatic rings. The fourth-order valence-corrected chi connectivity index (χ4v) is 3.72. The number of amides is 1. The molecule has 2 N–H and O–H groups in total. The average Bonchev–Trinajstić information content (AvgIpc) is 3.08. The molecule has 0 aliphatic carbocycles. The van der Waals surface area contributed by atoms with E-state index in [9.17, 15) is 4.79 Å². The second-order valence-electron chi connectivity index (χ2n) is 6.66. The van der Waals surface area contributed by atoms with Crippen LogP contribution in [0.4, 0.5) is 0 Å². The highest BCUT2D eigenvalue weighted by molar-refractivity contribution is 5.74. The van der Waals surface area contributed by atoms with Crippen LogP contribution in [-0.2, 0) is 11.3 Å². The monoisotopic (exact) mass is 313 g/mol. The molecule has 0 bridgehead atoms. The summed E-state index contributed by atoms with van der Waals surface area (Å²) in [4.78, 5) is 16.2. The summed E-state index contributed by atoms with van der Waals surface area (Å²) < 4.78 is 0. The number of carbonyl (C=O) groups excluding carboxylic acids is 1. The molecule has 2 aliphatic heterocycles. The summed E-state index contributed by atoms with van der Waals surface area (Å²) >= 11 is 0. The summed E-state index contributed by atoms with van der Waals surface area (Å²) in [5.74, 6) is -0.196. The molecule has 2 heterocycles. The van der Waals surface area contributed by atoms with Crippen LogP contribution in [0.1, 0.15) is 37.7 Å². The number of nitrogens with zero attached hydrogens (tertiary/aromatic N) is 2. The molecule has 1 amide bonds. The number of benzene rings is 1. The smallest absolute Gasteiger partial charge is 0.217 e. The van der Waals surface area contributed by atoms with E-state index in [1.54, 1.807) is 0 Å². The van der Waals surface area contributed by atoms with Gasteiger partial charge in [-0.3, -0.25) is 9.69 Å². The number of nitrogens with two attached hydrogens (primary N) is 1. The zero-order valence-corrected chi connectivity index (χ0v) is 13.8. The summed E-state index contributed by atoms with van der Waals surface area (Å²) in [6, 6.07) is 10.6. The van der Waals surface area contributed by atoms with Gasteiger partial charge in [-0.2, -0.15) is 0 Å². The van der Waals surface area contributed by atoms with Crippen LogP contribution in [0.2, 0.25) is 0 Å². The third-order valence-corrected chi connectivity index (χ3v) is 4.90. The lowest BCUT2D eigenvalue weighted by Crippen LogP contribution is -2.36. The Kier molecular flexibility index (Phi) is 5.34. The van der Waals surface area contributed by atoms with Gasteiger partial charge >= 0.3 is 0 Å². The van der Waals surface area contributed by atoms with Gasteiger partial charge in [0.25, 0.3) is 0 Å². The van der Waals surface area contributed by atoms with Crippen LogP contribution in [0, 0.1) is 0 Å². The number of hydrogen-bond donors (Lipinski definition) is 1. The zero-order chi connectivity index (χ0) is 16.1. The van der Waals surface area contributed by atoms with Gasteiger partial charge < -0.3 is 10.6 Å². The minimum Gasteiger partial charge on any atom is -0.375 e. The van der Waals surface area contributed by atoms with Crippen LogP contribution in [0.25, 0.3) is 0 Å². The highest BCUT2D eigenvalue weighted by Crippen LogP contribution is 2.28. The van der Waals surface area contributed by atoms with Crippen molar-refractivity contribution in [3.63, 3.8) is 0 Å². The van der Waals surface area contributed by atoms with E-state index in [0.717, 1.165) is 32.5 Å². The minimum atomic E-state index is -0.196. The second kappa shape index (κ2) is 7.64. The van der Waals surface area contributed by atoms with Crippen molar-refractivity contribution in [2.24, 2.45) is 5.73 Å². The third kappa shape index (κ3) is 4.35. The topological polar surface area (TPSA) is 49.6 Å². The number of primary amides is 1. The Balaban J connectivity index is 1.70. The van der Waals surface area contributed by atoms with E-state index in [1.807, 2.05) is 0 Å². The molecule has 0 aromatic heterocycles. The summed E-state index contributed by atoms with van der Waals surface area (Å²) in [7, 11) is 0. The summed E-state index contributed by atoms with van der Waals surface area (Å²) in [5, 5.41) is 0. The summed E-state index contributed by atoms with van der Waals surface area (Å²) in [6.45, 7) is 5.39. The molecule has 124 valence electrons. The Morgan fingerprint density at radius 1 is 1.09 bits per heavy atom. The van der Waals surface area contributed by atoms with Crippen molar-refractivity contribution in [3.05, 3.63) is 47.2 Å². The molecule has 1 fully saturated rings. The van der Waals surface area contributed by atoms with E-state index in [1.165, 1.54) is 42.8 Å². The van der Waals surface area contributed by atoms with Gasteiger partial charge in [-0.15, -0.1) is 0 Å². The first kappa shape index (κ1) is 16.1. The van der Waals surface area contributed by atoms with Crippen molar-refractivity contribution >= 4 is 5.91 Å². The van der Waals surface area contributed by atoms with Gasteiger partial charge in [-0.05, 0) is 30.4 Å². The Morgan fingerprint density at radius 3 is 2.52 bits per heavy atom. The number of likely N-dealkylation sites (tertiary alicyclic amines) is 1. The zero-order valence-electron chi connectivity index (χ0n) is 13.8. The maximum atomic E-state index is 11.2. The minimum absolute atomic E-state index is 0.196. The normalized spacial score (nSPS) is 19.4. The van der Waals surface area contributed by atoms with E-state index >= 15 is 0 Å². The number of hydrogen-bond acceptors (Lipinski definition) is 3. The second-order valence-corrected chi connectivity index (χ2v) is 6.66. The van der Waals surface area contributed by atoms with Crippen LogP contribution >= 0.6 is 0 Å². The maximum absolute atomic E-state index is 11.2. The van der Waals surface area contributed by atoms with Crippen LogP contribution in [0.5, 0.6) is 0 Å². The molecule has 4 heteroatoms. The molecule has 0 radical (unpaired) electrons. The molecule has 3 rings (SSSR count). The van der Waals surface area contributed by atoms with E-state index < -0.39 is 0 Å². The molecule has 4 nitrogen and oxygen atoms in total. The summed E-state index contributed by atoms with van der Waals surface area (Å²) in [5.41, 5.74) is 9.65. The standard InChI is InChI=1S/C19H27N3O/c20-19(23)9-8-17-15-21(14-16-6-2-1-3-7-16)13-10-18(17)22-11-4-5-12-22/h1-3,6-7H,4-5,8-15H2,(H2,20,23). The first-order valence-electron chi connectivity index (χ1n) is 8.73. The third-order valence-electron chi connectivity index (χ3n) is 4.90. The van der Waals surface area contributed by atoms with Crippen molar-refractivity contribution in [1.29, 1.82) is 0 Å². The van der Waals surface area contributed by atoms with Crippen molar-refractivity contribution in [3.8, 4) is 0 Å². The largest absolute Gasteiger partial charge is 0.375 e. The van der Waals surface area contributed by atoms with Gasteiger partial charge in [0.05, 0.1) is 0 Å². The van der Waals surface area contributed by atoms with Gasteiger partial charge in [-0.1, -0.05) is 30.3 Å². The van der Waals surface area contributed by atoms with Crippen molar-refractivity contribution in [2.75, 3.05) is 26.2 Å². The van der Waals surface area contributed by atoms with Gasteiger partial charge in [0.15, 0.2) is 0 Å². The molecule has 0 atom stereocenters. The number of rotatable bonds is 6. The molecule has 23 heavy (non-hydrogen) atoms. The lowest BCUT2D eigenvalue weighted by Gasteiger charge is -2.35. The first-order valence-corrected chi connectivity index (χ1v) is 8.73. The van der Waals surface area contributed by atoms with Crippen molar-refractivity contribution in [2.45, 2.75) is 38.6 Å². The maximum Gasteiger partial charge on any atom is 0.217 e. The van der Waals surface area contributed by atoms with Crippen LogP contribution in [-0.4, -0.2) is 41.9 Å². The fourth-order valence-electron chi connectivity index (χ4n) is 3.72. The van der Waals surface area contributed by atoms with Crippen LogP contribution in [0.3, 0.4) is 0 Å². The molecular weight excluding hydrogens is 286 g/mol. The van der Waals surface area contributed by atoms with Crippen molar-refractivity contribution < 1.29 is 4.79 Å².